The Kier molecular flexibility index (Phi) is 3.16. The first-order chi connectivity index (χ1) is 9.33. The normalized spacial score (nSPS) is 10.5. The maximum absolute atomic E-state index is 11.6. The van der Waals surface area contributed by atoms with E-state index in [1.54, 1.807) is 11.3 Å². The van der Waals surface area contributed by atoms with Crippen LogP contribution in [0.2, 0.25) is 0 Å². The molecule has 0 aromatic carbocycles. The van der Waals surface area contributed by atoms with Gasteiger partial charge in [-0.1, -0.05) is 11.2 Å². The average Bonchev–Trinajstić information content (AvgIpc) is 3.14. The summed E-state index contributed by atoms with van der Waals surface area (Å²) in [4.78, 5) is 12.7. The molecule has 0 aliphatic carbocycles. The number of amides is 1. The highest BCUT2D eigenvalue weighted by atomic mass is 32.1. The van der Waals surface area contributed by atoms with Gasteiger partial charge >= 0.3 is 0 Å². The summed E-state index contributed by atoms with van der Waals surface area (Å²) in [5.41, 5.74) is 0. The quantitative estimate of drug-likeness (QED) is 0.794. The van der Waals surface area contributed by atoms with E-state index < -0.39 is 0 Å². The molecule has 0 aliphatic heterocycles. The third-order valence-corrected chi connectivity index (χ3v) is 3.39. The van der Waals surface area contributed by atoms with Crippen LogP contribution < -0.4 is 5.32 Å². The molecule has 96 valence electrons. The lowest BCUT2D eigenvalue weighted by atomic mass is 10.3. The van der Waals surface area contributed by atoms with Crippen LogP contribution in [0, 0.1) is 0 Å². The van der Waals surface area contributed by atoms with Crippen molar-refractivity contribution in [2.45, 2.75) is 6.54 Å². The van der Waals surface area contributed by atoms with Crippen LogP contribution in [0.4, 0.5) is 0 Å². The number of furan rings is 1. The van der Waals surface area contributed by atoms with Crippen molar-refractivity contribution in [2.24, 2.45) is 0 Å². The number of carbonyl (C=O) groups is 1. The van der Waals surface area contributed by atoms with Crippen molar-refractivity contribution in [3.63, 3.8) is 0 Å². The van der Waals surface area contributed by atoms with Crippen molar-refractivity contribution in [3.8, 4) is 10.6 Å². The molecule has 3 rings (SSSR count). The van der Waals surface area contributed by atoms with Gasteiger partial charge in [-0.2, -0.15) is 0 Å². The molecule has 0 unspecified atom stereocenters. The van der Waals surface area contributed by atoms with Crippen molar-refractivity contribution in [1.82, 2.24) is 10.5 Å². The van der Waals surface area contributed by atoms with Gasteiger partial charge in [-0.05, 0) is 23.6 Å². The third-order valence-electron chi connectivity index (χ3n) is 2.51. The van der Waals surface area contributed by atoms with Gasteiger partial charge in [0.15, 0.2) is 0 Å². The van der Waals surface area contributed by atoms with E-state index in [4.69, 9.17) is 8.94 Å². The summed E-state index contributed by atoms with van der Waals surface area (Å²) in [6.07, 6.45) is 1.43. The highest BCUT2D eigenvalue weighted by molar-refractivity contribution is 7.13. The van der Waals surface area contributed by atoms with Crippen LogP contribution in [0.5, 0.6) is 0 Å². The van der Waals surface area contributed by atoms with Gasteiger partial charge in [0.25, 0.3) is 5.91 Å². The zero-order chi connectivity index (χ0) is 13.1. The summed E-state index contributed by atoms with van der Waals surface area (Å²) < 4.78 is 10.4. The molecule has 0 bridgehead atoms. The van der Waals surface area contributed by atoms with Crippen LogP contribution in [0.3, 0.4) is 0 Å². The maximum Gasteiger partial charge on any atom is 0.290 e. The zero-order valence-corrected chi connectivity index (χ0v) is 10.6. The molecule has 6 heteroatoms. The lowest BCUT2D eigenvalue weighted by Gasteiger charge is -1.99. The Bertz CT molecular complexity index is 656. The van der Waals surface area contributed by atoms with Gasteiger partial charge in [0.1, 0.15) is 11.5 Å². The van der Waals surface area contributed by atoms with Gasteiger partial charge in [0, 0.05) is 6.07 Å². The third kappa shape index (κ3) is 2.58. The van der Waals surface area contributed by atoms with E-state index >= 15 is 0 Å². The number of thiophene rings is 1. The number of carbonyl (C=O) groups excluding carboxylic acids is 1. The zero-order valence-electron chi connectivity index (χ0n) is 9.83. The van der Waals surface area contributed by atoms with Gasteiger partial charge in [-0.3, -0.25) is 4.79 Å². The van der Waals surface area contributed by atoms with E-state index in [9.17, 15) is 4.79 Å². The van der Waals surface area contributed by atoms with E-state index in [-0.39, 0.29) is 11.7 Å². The minimum Gasteiger partial charge on any atom is -0.458 e. The summed E-state index contributed by atoms with van der Waals surface area (Å²) >= 11 is 1.61. The van der Waals surface area contributed by atoms with Gasteiger partial charge in [0.05, 0.1) is 17.6 Å². The molecule has 0 atom stereocenters. The molecule has 1 N–H and O–H groups in total. The van der Waals surface area contributed by atoms with Crippen LogP contribution >= 0.6 is 11.3 Å². The van der Waals surface area contributed by atoms with Crippen molar-refractivity contribution < 1.29 is 13.7 Å². The molecule has 1 amide bonds. The van der Waals surface area contributed by atoms with E-state index in [0.29, 0.717) is 12.3 Å². The molecule has 0 fully saturated rings. The summed E-state index contributed by atoms with van der Waals surface area (Å²) in [6.45, 7) is 0.310. The number of rotatable bonds is 4. The molecule has 3 aromatic rings. The summed E-state index contributed by atoms with van der Waals surface area (Å²) in [5.74, 6) is 1.37. The Balaban J connectivity index is 1.63. The predicted octanol–water partition coefficient (Wildman–Crippen LogP) is 2.93. The molecule has 0 aliphatic rings. The second-order valence-electron chi connectivity index (χ2n) is 3.80. The fourth-order valence-corrected chi connectivity index (χ4v) is 2.30. The topological polar surface area (TPSA) is 68.3 Å². The van der Waals surface area contributed by atoms with Crippen LogP contribution in [-0.2, 0) is 6.54 Å². The average molecular weight is 274 g/mol. The molecule has 0 saturated carbocycles. The number of nitrogens with one attached hydrogen (secondary N) is 1. The summed E-state index contributed by atoms with van der Waals surface area (Å²) in [7, 11) is 0. The van der Waals surface area contributed by atoms with E-state index in [1.165, 1.54) is 12.3 Å². The monoisotopic (exact) mass is 274 g/mol. The van der Waals surface area contributed by atoms with Gasteiger partial charge < -0.3 is 14.3 Å². The Hall–Kier alpha value is -2.34. The van der Waals surface area contributed by atoms with Crippen LogP contribution in [-0.4, -0.2) is 11.1 Å². The second kappa shape index (κ2) is 5.11. The number of hydrogen-bond acceptors (Lipinski definition) is 5. The largest absolute Gasteiger partial charge is 0.458 e. The lowest BCUT2D eigenvalue weighted by Crippen LogP contribution is -2.21. The number of hydrogen-bond donors (Lipinski definition) is 1. The molecule has 0 saturated heterocycles. The molecule has 5 nitrogen and oxygen atoms in total. The van der Waals surface area contributed by atoms with E-state index in [1.807, 2.05) is 29.6 Å². The van der Waals surface area contributed by atoms with Crippen molar-refractivity contribution in [1.29, 1.82) is 0 Å². The van der Waals surface area contributed by atoms with Crippen molar-refractivity contribution in [3.05, 3.63) is 53.4 Å². The van der Waals surface area contributed by atoms with Crippen molar-refractivity contribution >= 4 is 17.2 Å². The first-order valence-corrected chi connectivity index (χ1v) is 6.52. The van der Waals surface area contributed by atoms with E-state index in [2.05, 4.69) is 10.5 Å². The SMILES string of the molecule is O=C(NCc1ccc(-c2cccs2)o1)c1ccno1. The molecule has 0 radical (unpaired) electrons. The van der Waals surface area contributed by atoms with Crippen LogP contribution in [0.1, 0.15) is 16.3 Å². The maximum atomic E-state index is 11.6. The minimum absolute atomic E-state index is 0.185. The fraction of sp³-hybridized carbons (Fsp3) is 0.0769. The smallest absolute Gasteiger partial charge is 0.290 e. The first-order valence-electron chi connectivity index (χ1n) is 5.64. The molecule has 3 heterocycles. The van der Waals surface area contributed by atoms with Gasteiger partial charge in [-0.25, -0.2) is 0 Å². The van der Waals surface area contributed by atoms with Crippen LogP contribution in [0.15, 0.2) is 50.8 Å². The predicted molar refractivity (Wildman–Crippen MR) is 69.7 cm³/mol. The molecule has 19 heavy (non-hydrogen) atoms. The number of nitrogens with zero attached hydrogens (tertiary/aromatic N) is 1. The molecular weight excluding hydrogens is 264 g/mol. The Morgan fingerprint density at radius 1 is 1.32 bits per heavy atom. The lowest BCUT2D eigenvalue weighted by molar-refractivity contribution is 0.0911. The Labute approximate surface area is 112 Å². The highest BCUT2D eigenvalue weighted by Gasteiger charge is 2.11. The summed E-state index contributed by atoms with van der Waals surface area (Å²) in [6, 6.07) is 9.19. The van der Waals surface area contributed by atoms with Gasteiger partial charge in [-0.15, -0.1) is 11.3 Å². The summed E-state index contributed by atoms with van der Waals surface area (Å²) in [5, 5.41) is 8.16. The van der Waals surface area contributed by atoms with Crippen LogP contribution in [0.25, 0.3) is 10.6 Å². The minimum atomic E-state index is -0.313. The number of aromatic nitrogens is 1. The first kappa shape index (κ1) is 11.7. The second-order valence-corrected chi connectivity index (χ2v) is 4.75. The Morgan fingerprint density at radius 3 is 3.00 bits per heavy atom. The molecule has 0 spiro atoms. The fourth-order valence-electron chi connectivity index (χ4n) is 1.61. The standard InChI is InChI=1S/C13H10N2O3S/c16-13(11-5-6-15-18-11)14-8-9-3-4-10(17-9)12-2-1-7-19-12/h1-7H,8H2,(H,14,16). The van der Waals surface area contributed by atoms with E-state index in [0.717, 1.165) is 10.6 Å². The molecule has 3 aromatic heterocycles. The van der Waals surface area contributed by atoms with Crippen molar-refractivity contribution in [2.75, 3.05) is 0 Å². The van der Waals surface area contributed by atoms with Gasteiger partial charge in [0.2, 0.25) is 5.76 Å². The Morgan fingerprint density at radius 2 is 2.26 bits per heavy atom. The molecular formula is C13H10N2O3S. The highest BCUT2D eigenvalue weighted by Crippen LogP contribution is 2.26.